The number of nitrogens with one attached hydrogen (secondary N) is 1. The molecule has 2 aromatic heterocycles. The normalized spacial score (nSPS) is 10.3. The summed E-state index contributed by atoms with van der Waals surface area (Å²) in [5.41, 5.74) is -0.139. The predicted molar refractivity (Wildman–Crippen MR) is 74.2 cm³/mol. The molecular weight excluding hydrogens is 296 g/mol. The first-order valence-corrected chi connectivity index (χ1v) is 6.62. The zero-order valence-electron chi connectivity index (χ0n) is 10.9. The van der Waals surface area contributed by atoms with Crippen LogP contribution in [0.25, 0.3) is 10.2 Å². The number of amides is 1. The van der Waals surface area contributed by atoms with E-state index >= 15 is 0 Å². The molecule has 0 saturated heterocycles. The van der Waals surface area contributed by atoms with E-state index < -0.39 is 17.4 Å². The van der Waals surface area contributed by atoms with Gasteiger partial charge in [-0.3, -0.25) is 14.2 Å². The van der Waals surface area contributed by atoms with Crippen molar-refractivity contribution in [3.8, 4) is 6.07 Å². The van der Waals surface area contributed by atoms with Crippen LogP contribution in [0.3, 0.4) is 0 Å². The fraction of sp³-hybridized carbons (Fsp3) is 0.250. The number of aromatic carboxylic acids is 1. The molecule has 0 aliphatic carbocycles. The second kappa shape index (κ2) is 5.72. The zero-order valence-corrected chi connectivity index (χ0v) is 11.7. The third-order valence-electron chi connectivity index (χ3n) is 2.79. The number of thiophene rings is 1. The van der Waals surface area contributed by atoms with Gasteiger partial charge in [0, 0.05) is 0 Å². The molecule has 2 aromatic rings. The van der Waals surface area contributed by atoms with Gasteiger partial charge >= 0.3 is 5.97 Å². The predicted octanol–water partition coefficient (Wildman–Crippen LogP) is 0.104. The SMILES string of the molecule is Cc1c(C(=O)O)sc2ncn(CC(=O)NCC#N)c(=O)c12. The molecule has 9 heteroatoms. The van der Waals surface area contributed by atoms with Crippen molar-refractivity contribution in [1.29, 1.82) is 5.26 Å². The van der Waals surface area contributed by atoms with Crippen molar-refractivity contribution in [2.75, 3.05) is 6.54 Å². The van der Waals surface area contributed by atoms with Crippen molar-refractivity contribution in [2.24, 2.45) is 0 Å². The molecule has 0 radical (unpaired) electrons. The smallest absolute Gasteiger partial charge is 0.346 e. The van der Waals surface area contributed by atoms with Crippen LogP contribution >= 0.6 is 11.3 Å². The minimum absolute atomic E-state index is 0.0567. The molecular formula is C12H10N4O4S. The molecule has 2 heterocycles. The quantitative estimate of drug-likeness (QED) is 0.772. The Bertz CT molecular complexity index is 830. The standard InChI is InChI=1S/C12H10N4O4S/c1-6-8-10(21-9(6)12(19)20)15-5-16(11(8)18)4-7(17)14-3-2-13/h5H,3-4H2,1H3,(H,14,17)(H,19,20). The Morgan fingerprint density at radius 3 is 2.90 bits per heavy atom. The number of nitrogens with zero attached hydrogens (tertiary/aromatic N) is 3. The van der Waals surface area contributed by atoms with Crippen molar-refractivity contribution in [2.45, 2.75) is 13.5 Å². The summed E-state index contributed by atoms with van der Waals surface area (Å²) < 4.78 is 1.08. The Morgan fingerprint density at radius 2 is 2.29 bits per heavy atom. The molecule has 21 heavy (non-hydrogen) atoms. The Labute approximate surface area is 122 Å². The van der Waals surface area contributed by atoms with Gasteiger partial charge in [0.1, 0.15) is 22.8 Å². The van der Waals surface area contributed by atoms with E-state index in [1.54, 1.807) is 6.07 Å². The molecule has 1 amide bonds. The minimum Gasteiger partial charge on any atom is -0.477 e. The van der Waals surface area contributed by atoms with Gasteiger partial charge in [0.25, 0.3) is 5.56 Å². The maximum absolute atomic E-state index is 12.3. The Balaban J connectivity index is 2.45. The number of fused-ring (bicyclic) bond motifs is 1. The van der Waals surface area contributed by atoms with E-state index in [4.69, 9.17) is 10.4 Å². The van der Waals surface area contributed by atoms with E-state index in [2.05, 4.69) is 10.3 Å². The van der Waals surface area contributed by atoms with E-state index in [1.165, 1.54) is 13.3 Å². The number of aromatic nitrogens is 2. The lowest BCUT2D eigenvalue weighted by Gasteiger charge is -2.04. The van der Waals surface area contributed by atoms with Crippen LogP contribution < -0.4 is 10.9 Å². The highest BCUT2D eigenvalue weighted by atomic mass is 32.1. The van der Waals surface area contributed by atoms with Crippen molar-refractivity contribution in [3.05, 3.63) is 27.1 Å². The molecule has 0 aromatic carbocycles. The molecule has 8 nitrogen and oxygen atoms in total. The average Bonchev–Trinajstić information content (AvgIpc) is 2.78. The van der Waals surface area contributed by atoms with Gasteiger partial charge in [0.05, 0.1) is 17.8 Å². The van der Waals surface area contributed by atoms with Crippen LogP contribution in [0.5, 0.6) is 0 Å². The lowest BCUT2D eigenvalue weighted by atomic mass is 10.2. The molecule has 0 atom stereocenters. The van der Waals surface area contributed by atoms with E-state index in [-0.39, 0.29) is 23.4 Å². The van der Waals surface area contributed by atoms with Crippen LogP contribution in [0.15, 0.2) is 11.1 Å². The van der Waals surface area contributed by atoms with E-state index in [0.29, 0.717) is 10.4 Å². The van der Waals surface area contributed by atoms with Crippen LogP contribution in [0.4, 0.5) is 0 Å². The molecule has 0 bridgehead atoms. The van der Waals surface area contributed by atoms with Crippen molar-refractivity contribution >= 4 is 33.4 Å². The molecule has 0 aliphatic heterocycles. The van der Waals surface area contributed by atoms with Crippen molar-refractivity contribution < 1.29 is 14.7 Å². The van der Waals surface area contributed by atoms with Gasteiger partial charge in [-0.05, 0) is 12.5 Å². The van der Waals surface area contributed by atoms with Gasteiger partial charge in [-0.15, -0.1) is 11.3 Å². The molecule has 2 rings (SSSR count). The number of carbonyl (C=O) groups is 2. The first-order chi connectivity index (χ1) is 9.95. The second-order valence-corrected chi connectivity index (χ2v) is 5.15. The van der Waals surface area contributed by atoms with Crippen LogP contribution in [0.1, 0.15) is 15.2 Å². The molecule has 0 aliphatic rings. The molecule has 108 valence electrons. The molecule has 0 spiro atoms. The third-order valence-corrected chi connectivity index (χ3v) is 3.98. The number of rotatable bonds is 4. The highest BCUT2D eigenvalue weighted by molar-refractivity contribution is 7.20. The first kappa shape index (κ1) is 14.7. The average molecular weight is 306 g/mol. The number of hydrogen-bond acceptors (Lipinski definition) is 6. The van der Waals surface area contributed by atoms with Crippen LogP contribution in [0, 0.1) is 18.3 Å². The van der Waals surface area contributed by atoms with Crippen LogP contribution in [-0.4, -0.2) is 33.1 Å². The monoisotopic (exact) mass is 306 g/mol. The summed E-state index contributed by atoms with van der Waals surface area (Å²) in [4.78, 5) is 39.3. The summed E-state index contributed by atoms with van der Waals surface area (Å²) in [6, 6.07) is 1.75. The zero-order chi connectivity index (χ0) is 15.6. The van der Waals surface area contributed by atoms with Gasteiger partial charge < -0.3 is 10.4 Å². The largest absolute Gasteiger partial charge is 0.477 e. The minimum atomic E-state index is -1.12. The van der Waals surface area contributed by atoms with E-state index in [1.807, 2.05) is 0 Å². The summed E-state index contributed by atoms with van der Waals surface area (Å²) in [6.45, 7) is 1.11. The lowest BCUT2D eigenvalue weighted by molar-refractivity contribution is -0.121. The molecule has 0 saturated carbocycles. The number of nitriles is 1. The molecule has 0 unspecified atom stereocenters. The topological polar surface area (TPSA) is 125 Å². The van der Waals surface area contributed by atoms with Crippen LogP contribution in [-0.2, 0) is 11.3 Å². The number of aryl methyl sites for hydroxylation is 1. The third kappa shape index (κ3) is 2.75. The summed E-state index contributed by atoms with van der Waals surface area (Å²) in [6.07, 6.45) is 1.19. The Morgan fingerprint density at radius 1 is 1.57 bits per heavy atom. The number of carboxylic acid groups (broad SMARTS) is 1. The summed E-state index contributed by atoms with van der Waals surface area (Å²) in [5.74, 6) is -1.61. The maximum atomic E-state index is 12.3. The fourth-order valence-corrected chi connectivity index (χ4v) is 2.80. The van der Waals surface area contributed by atoms with Crippen molar-refractivity contribution in [3.63, 3.8) is 0 Å². The fourth-order valence-electron chi connectivity index (χ4n) is 1.82. The molecule has 0 fully saturated rings. The highest BCUT2D eigenvalue weighted by Crippen LogP contribution is 2.26. The highest BCUT2D eigenvalue weighted by Gasteiger charge is 2.19. The Hall–Kier alpha value is -2.73. The van der Waals surface area contributed by atoms with Gasteiger partial charge in [-0.1, -0.05) is 0 Å². The summed E-state index contributed by atoms with van der Waals surface area (Å²) in [7, 11) is 0. The van der Waals surface area contributed by atoms with Gasteiger partial charge in [-0.2, -0.15) is 5.26 Å². The number of hydrogen-bond donors (Lipinski definition) is 2. The second-order valence-electron chi connectivity index (χ2n) is 4.15. The van der Waals surface area contributed by atoms with E-state index in [0.717, 1.165) is 15.9 Å². The lowest BCUT2D eigenvalue weighted by Crippen LogP contribution is -2.32. The van der Waals surface area contributed by atoms with Crippen molar-refractivity contribution in [1.82, 2.24) is 14.9 Å². The molecule has 2 N–H and O–H groups in total. The van der Waals surface area contributed by atoms with Gasteiger partial charge in [0.15, 0.2) is 0 Å². The number of carbonyl (C=O) groups excluding carboxylic acids is 1. The van der Waals surface area contributed by atoms with E-state index in [9.17, 15) is 14.4 Å². The summed E-state index contributed by atoms with van der Waals surface area (Å²) in [5, 5.41) is 19.9. The number of carboxylic acids is 1. The van der Waals surface area contributed by atoms with Crippen LogP contribution in [0.2, 0.25) is 0 Å². The van der Waals surface area contributed by atoms with Gasteiger partial charge in [-0.25, -0.2) is 9.78 Å². The summed E-state index contributed by atoms with van der Waals surface area (Å²) >= 11 is 0.920. The maximum Gasteiger partial charge on any atom is 0.346 e. The Kier molecular flexibility index (Phi) is 4.00. The van der Waals surface area contributed by atoms with Gasteiger partial charge in [0.2, 0.25) is 5.91 Å². The first-order valence-electron chi connectivity index (χ1n) is 5.81.